The van der Waals surface area contributed by atoms with Gasteiger partial charge in [-0.1, -0.05) is 38.5 Å². The molecule has 7 heteroatoms. The van der Waals surface area contributed by atoms with Crippen molar-refractivity contribution in [1.82, 2.24) is 0 Å². The third-order valence-electron chi connectivity index (χ3n) is 4.01. The predicted octanol–water partition coefficient (Wildman–Crippen LogP) is 5.46. The molecule has 0 aromatic heterocycles. The second kappa shape index (κ2) is 20.7. The Kier molecular flexibility index (Phi) is 22.9. The van der Waals surface area contributed by atoms with Crippen molar-refractivity contribution in [2.75, 3.05) is 26.4 Å². The van der Waals surface area contributed by atoms with E-state index in [1.165, 1.54) is 44.9 Å². The zero-order valence-electron chi connectivity index (χ0n) is 16.0. The molecule has 0 N–H and O–H groups in total. The van der Waals surface area contributed by atoms with E-state index in [4.69, 9.17) is 30.7 Å². The third-order valence-corrected chi connectivity index (χ3v) is 5.59. The van der Waals surface area contributed by atoms with Crippen molar-refractivity contribution in [2.45, 2.75) is 71.8 Å². The summed E-state index contributed by atoms with van der Waals surface area (Å²) in [7, 11) is -1.40. The summed E-state index contributed by atoms with van der Waals surface area (Å²) in [5, 5.41) is 11.0. The Balaban J connectivity index is 0. The summed E-state index contributed by atoms with van der Waals surface area (Å²) < 4.78 is 15.5. The van der Waals surface area contributed by atoms with Gasteiger partial charge in [0.1, 0.15) is 0 Å². The van der Waals surface area contributed by atoms with Gasteiger partial charge in [0.25, 0.3) is 0 Å². The maximum atomic E-state index is 6.25. The van der Waals surface area contributed by atoms with Crippen molar-refractivity contribution in [3.05, 3.63) is 18.3 Å². The molecule has 2 rings (SSSR count). The fraction of sp³-hybridized carbons (Fsp3) is 0.889. The predicted molar refractivity (Wildman–Crippen MR) is 100 cm³/mol. The van der Waals surface area contributed by atoms with Gasteiger partial charge < -0.3 is 23.6 Å². The largest absolute Gasteiger partial charge is 3.00 e. The van der Waals surface area contributed by atoms with Gasteiger partial charge in [-0.15, -0.1) is 6.54 Å². The van der Waals surface area contributed by atoms with E-state index in [1.807, 2.05) is 20.8 Å². The van der Waals surface area contributed by atoms with Crippen molar-refractivity contribution in [2.24, 2.45) is 5.92 Å². The fourth-order valence-electron chi connectivity index (χ4n) is 2.97. The summed E-state index contributed by atoms with van der Waals surface area (Å²) >= 11 is 0. The van der Waals surface area contributed by atoms with Crippen LogP contribution in [0, 0.1) is 24.2 Å². The van der Waals surface area contributed by atoms with Gasteiger partial charge in [-0.3, -0.25) is 0 Å². The molecule has 1 aliphatic heterocycles. The standard InChI is InChI=1S/C11H19N.C6H16O3P.CN.Ir/c1-2-6-10(7-3-1)11-8-4-5-9-12-11;1-4-7-10(8-5-2)9-6-3;1-2;/h6,10-11H,1-5,7-9H2;10H,4-6H2,1-3H3;;/q-2;+1;-1;+3. The van der Waals surface area contributed by atoms with Crippen molar-refractivity contribution in [3.63, 3.8) is 0 Å². The van der Waals surface area contributed by atoms with Crippen LogP contribution in [0.25, 0.3) is 5.32 Å². The van der Waals surface area contributed by atoms with Gasteiger partial charge in [-0.2, -0.15) is 32.0 Å². The molecule has 2 aliphatic rings. The van der Waals surface area contributed by atoms with Crippen molar-refractivity contribution in [3.8, 4) is 0 Å². The quantitative estimate of drug-likeness (QED) is 0.312. The first-order valence-electron chi connectivity index (χ1n) is 9.29. The van der Waals surface area contributed by atoms with E-state index in [9.17, 15) is 0 Å². The minimum absolute atomic E-state index is 0. The molecule has 0 amide bonds. The summed E-state index contributed by atoms with van der Waals surface area (Å²) in [6.45, 7) is 13.7. The summed E-state index contributed by atoms with van der Waals surface area (Å²) in [6.07, 6.45) is 12.3. The molecule has 1 saturated carbocycles. The average molecular weight is 551 g/mol. The van der Waals surface area contributed by atoms with Crippen LogP contribution in [0.5, 0.6) is 0 Å². The van der Waals surface area contributed by atoms with Gasteiger partial charge >= 0.3 is 28.7 Å². The maximum Gasteiger partial charge on any atom is 3.00 e. The molecule has 5 nitrogen and oxygen atoms in total. The molecule has 2 unspecified atom stereocenters. The minimum atomic E-state index is -1.40. The second-order valence-corrected chi connectivity index (χ2v) is 7.07. The molecule has 0 bridgehead atoms. The first-order valence-corrected chi connectivity index (χ1v) is 10.5. The Labute approximate surface area is 169 Å². The summed E-state index contributed by atoms with van der Waals surface area (Å²) in [4.78, 5) is 0. The monoisotopic (exact) mass is 551 g/mol. The van der Waals surface area contributed by atoms with Crippen LogP contribution >= 0.6 is 8.60 Å². The summed E-state index contributed by atoms with van der Waals surface area (Å²) in [6, 6.07) is 0.707. The van der Waals surface area contributed by atoms with Gasteiger partial charge in [0, 0.05) is 0 Å². The Morgan fingerprint density at radius 1 is 0.960 bits per heavy atom. The molecule has 0 aromatic carbocycles. The molecule has 1 heterocycles. The van der Waals surface area contributed by atoms with Gasteiger partial charge in [-0.25, -0.2) is 0 Å². The molecular weight excluding hydrogens is 515 g/mol. The van der Waals surface area contributed by atoms with Gasteiger partial charge in [0.2, 0.25) is 0 Å². The molecule has 0 spiro atoms. The zero-order valence-corrected chi connectivity index (χ0v) is 19.4. The minimum Gasteiger partial charge on any atom is -0.661 e. The van der Waals surface area contributed by atoms with E-state index in [-0.39, 0.29) is 20.1 Å². The molecule has 0 aromatic rings. The second-order valence-electron chi connectivity index (χ2n) is 5.70. The van der Waals surface area contributed by atoms with Crippen LogP contribution in [-0.4, -0.2) is 32.4 Å². The van der Waals surface area contributed by atoms with Crippen LogP contribution in [0.4, 0.5) is 0 Å². The first kappa shape index (κ1) is 27.6. The molecule has 148 valence electrons. The Morgan fingerprint density at radius 3 is 1.92 bits per heavy atom. The van der Waals surface area contributed by atoms with Crippen LogP contribution in [0.3, 0.4) is 0 Å². The number of piperidine rings is 1. The van der Waals surface area contributed by atoms with Crippen molar-refractivity contribution < 1.29 is 33.7 Å². The molecule has 2 fully saturated rings. The SMILES string of the molecule is CCO[PH+](OCC)OCC.[C-]#N.[CH-]1CCCCC1C1CCCC[N-]1.[Ir+3]. The molecule has 1 aliphatic carbocycles. The number of rotatable bonds is 7. The topological polar surface area (TPSA) is 65.6 Å². The van der Waals surface area contributed by atoms with E-state index in [1.54, 1.807) is 0 Å². The normalized spacial score (nSPS) is 22.6. The Bertz CT molecular complexity index is 256. The third kappa shape index (κ3) is 14.2. The van der Waals surface area contributed by atoms with E-state index < -0.39 is 8.60 Å². The fourth-order valence-corrected chi connectivity index (χ4v) is 3.92. The molecule has 1 saturated heterocycles. The van der Waals surface area contributed by atoms with Gasteiger partial charge in [-0.05, 0) is 20.8 Å². The number of hydrogen-bond acceptors (Lipinski definition) is 4. The van der Waals surface area contributed by atoms with E-state index >= 15 is 0 Å². The van der Waals surface area contributed by atoms with Gasteiger partial charge in [0.05, 0.1) is 19.8 Å². The van der Waals surface area contributed by atoms with Crippen LogP contribution < -0.4 is 0 Å². The first-order chi connectivity index (χ1) is 11.8. The molecule has 0 radical (unpaired) electrons. The molecule has 25 heavy (non-hydrogen) atoms. The van der Waals surface area contributed by atoms with Crippen LogP contribution in [0.15, 0.2) is 0 Å². The zero-order chi connectivity index (χ0) is 18.0. The van der Waals surface area contributed by atoms with E-state index in [2.05, 4.69) is 6.42 Å². The molecule has 2 atom stereocenters. The number of nitrogens with zero attached hydrogens (tertiary/aromatic N) is 2. The van der Waals surface area contributed by atoms with Crippen LogP contribution in [0.2, 0.25) is 0 Å². The Hall–Kier alpha value is 0.409. The average Bonchev–Trinajstić information content (AvgIpc) is 2.66. The smallest absolute Gasteiger partial charge is 0.661 e. The summed E-state index contributed by atoms with van der Waals surface area (Å²) in [5.41, 5.74) is 0. The summed E-state index contributed by atoms with van der Waals surface area (Å²) in [5.74, 6) is 0.846. The van der Waals surface area contributed by atoms with Gasteiger partial charge in [0.15, 0.2) is 0 Å². The molecular formula is C18H35IrN2O3P+. The van der Waals surface area contributed by atoms with Crippen molar-refractivity contribution in [1.29, 1.82) is 5.26 Å². The maximum absolute atomic E-state index is 6.25. The van der Waals surface area contributed by atoms with Crippen molar-refractivity contribution >= 4 is 8.60 Å². The van der Waals surface area contributed by atoms with E-state index in [0.29, 0.717) is 25.9 Å². The number of hydrogen-bond donors (Lipinski definition) is 0. The van der Waals surface area contributed by atoms with E-state index in [0.717, 1.165) is 12.5 Å². The van der Waals surface area contributed by atoms with Crippen LogP contribution in [-0.2, 0) is 33.7 Å². The van der Waals surface area contributed by atoms with Crippen LogP contribution in [0.1, 0.15) is 65.7 Å². The Morgan fingerprint density at radius 2 is 1.52 bits per heavy atom.